The number of aliphatic hydroxyl groups excluding tert-OH is 1. The Morgan fingerprint density at radius 2 is 1.93 bits per heavy atom. The van der Waals surface area contributed by atoms with Crippen LogP contribution < -0.4 is 4.74 Å². The minimum Gasteiger partial charge on any atom is -0.468 e. The average molecular weight is 376 g/mol. The van der Waals surface area contributed by atoms with Crippen molar-refractivity contribution < 1.29 is 24.1 Å². The molecule has 2 saturated carbocycles. The molecule has 1 N–H and O–H groups in total. The Hall–Kier alpha value is -1.14. The van der Waals surface area contributed by atoms with Crippen LogP contribution in [0.25, 0.3) is 0 Å². The van der Waals surface area contributed by atoms with Crippen LogP contribution in [0.4, 0.5) is 0 Å². The molecule has 0 aliphatic heterocycles. The van der Waals surface area contributed by atoms with Crippen molar-refractivity contribution in [3.05, 3.63) is 29.3 Å². The molecule has 150 valence electrons. The summed E-state index contributed by atoms with van der Waals surface area (Å²) in [5.74, 6) is 2.07. The molecule has 2 fully saturated rings. The van der Waals surface area contributed by atoms with E-state index in [0.29, 0.717) is 31.0 Å². The van der Waals surface area contributed by atoms with E-state index >= 15 is 0 Å². The van der Waals surface area contributed by atoms with Crippen LogP contribution in [-0.4, -0.2) is 45.1 Å². The molecule has 0 amide bonds. The summed E-state index contributed by atoms with van der Waals surface area (Å²) in [5.41, 5.74) is 2.77. The van der Waals surface area contributed by atoms with Gasteiger partial charge in [0.2, 0.25) is 0 Å². The van der Waals surface area contributed by atoms with E-state index in [1.807, 2.05) is 6.07 Å². The molecule has 1 aromatic rings. The highest BCUT2D eigenvalue weighted by Crippen LogP contribution is 2.61. The van der Waals surface area contributed by atoms with Gasteiger partial charge in [0.1, 0.15) is 12.5 Å². The molecule has 0 saturated heterocycles. The summed E-state index contributed by atoms with van der Waals surface area (Å²) in [6, 6.07) is 6.33. The number of ether oxygens (including phenoxy) is 4. The first kappa shape index (κ1) is 19.2. The van der Waals surface area contributed by atoms with Crippen LogP contribution in [0.5, 0.6) is 5.75 Å². The summed E-state index contributed by atoms with van der Waals surface area (Å²) in [6.07, 6.45) is 5.09. The molecule has 27 heavy (non-hydrogen) atoms. The predicted molar refractivity (Wildman–Crippen MR) is 102 cm³/mol. The molecule has 5 nitrogen and oxygen atoms in total. The van der Waals surface area contributed by atoms with E-state index in [2.05, 4.69) is 19.1 Å². The monoisotopic (exact) mass is 376 g/mol. The molecule has 3 aliphatic rings. The second kappa shape index (κ2) is 7.70. The van der Waals surface area contributed by atoms with E-state index in [9.17, 15) is 5.11 Å². The maximum atomic E-state index is 11.1. The predicted octanol–water partition coefficient (Wildman–Crippen LogP) is 3.49. The molecular formula is C22H32O5. The Balaban J connectivity index is 1.58. The van der Waals surface area contributed by atoms with E-state index in [0.717, 1.165) is 31.4 Å². The second-order valence-electron chi connectivity index (χ2n) is 8.66. The van der Waals surface area contributed by atoms with E-state index in [1.54, 1.807) is 14.2 Å². The zero-order chi connectivity index (χ0) is 19.0. The summed E-state index contributed by atoms with van der Waals surface area (Å²) in [7, 11) is 3.30. The van der Waals surface area contributed by atoms with Gasteiger partial charge in [0.15, 0.2) is 6.79 Å². The van der Waals surface area contributed by atoms with Crippen LogP contribution in [0, 0.1) is 17.3 Å². The number of rotatable bonds is 6. The van der Waals surface area contributed by atoms with Crippen LogP contribution in [0.1, 0.15) is 49.7 Å². The third-order valence-electron chi connectivity index (χ3n) is 7.36. The fraction of sp³-hybridized carbons (Fsp3) is 0.727. The van der Waals surface area contributed by atoms with Crippen molar-refractivity contribution in [3.8, 4) is 5.75 Å². The van der Waals surface area contributed by atoms with Gasteiger partial charge in [-0.1, -0.05) is 13.0 Å². The molecule has 5 unspecified atom stereocenters. The van der Waals surface area contributed by atoms with E-state index in [4.69, 9.17) is 18.9 Å². The average Bonchev–Trinajstić information content (AvgIpc) is 3.00. The first-order valence-electron chi connectivity index (χ1n) is 10.1. The van der Waals surface area contributed by atoms with Crippen molar-refractivity contribution in [2.24, 2.45) is 17.3 Å². The molecule has 0 radical (unpaired) electrons. The summed E-state index contributed by atoms with van der Waals surface area (Å²) in [4.78, 5) is 0. The summed E-state index contributed by atoms with van der Waals surface area (Å²) < 4.78 is 21.8. The highest BCUT2D eigenvalue weighted by molar-refractivity contribution is 5.41. The van der Waals surface area contributed by atoms with Crippen molar-refractivity contribution in [1.82, 2.24) is 0 Å². The topological polar surface area (TPSA) is 57.2 Å². The Kier molecular flexibility index (Phi) is 5.48. The third kappa shape index (κ3) is 3.29. The van der Waals surface area contributed by atoms with Crippen LogP contribution in [0.15, 0.2) is 18.2 Å². The van der Waals surface area contributed by atoms with Crippen molar-refractivity contribution in [2.45, 2.75) is 57.2 Å². The summed E-state index contributed by atoms with van der Waals surface area (Å²) >= 11 is 0. The number of aliphatic hydroxyl groups is 1. The zero-order valence-electron chi connectivity index (χ0n) is 16.6. The lowest BCUT2D eigenvalue weighted by molar-refractivity contribution is -0.133. The van der Waals surface area contributed by atoms with Crippen LogP contribution in [0.2, 0.25) is 0 Å². The second-order valence-corrected chi connectivity index (χ2v) is 8.66. The highest BCUT2D eigenvalue weighted by atomic mass is 16.7. The van der Waals surface area contributed by atoms with Gasteiger partial charge >= 0.3 is 0 Å². The Labute approximate surface area is 162 Å². The van der Waals surface area contributed by atoms with Crippen molar-refractivity contribution in [1.29, 1.82) is 0 Å². The van der Waals surface area contributed by atoms with Crippen LogP contribution in [0.3, 0.4) is 0 Å². The third-order valence-corrected chi connectivity index (χ3v) is 7.36. The van der Waals surface area contributed by atoms with Crippen molar-refractivity contribution >= 4 is 0 Å². The minimum atomic E-state index is -0.300. The maximum Gasteiger partial charge on any atom is 0.188 e. The lowest BCUT2D eigenvalue weighted by atomic mass is 9.54. The molecule has 0 bridgehead atoms. The van der Waals surface area contributed by atoms with Crippen LogP contribution in [-0.2, 0) is 20.6 Å². The maximum absolute atomic E-state index is 11.1. The number of methoxy groups -OCH3 is 2. The Bertz CT molecular complexity index is 662. The zero-order valence-corrected chi connectivity index (χ0v) is 16.6. The molecular weight excluding hydrogens is 344 g/mol. The smallest absolute Gasteiger partial charge is 0.188 e. The standard InChI is InChI=1S/C22H32O5/c1-22-9-8-17-16-5-4-15(26-12-24-2)10-14(16)11-19(23)21(17)18(22)6-7-20(22)27-13-25-3/h4-5,10,17-21,23H,6-9,11-13H2,1-3H3/t17?,18?,19?,20?,21?,22-/m0/s1. The van der Waals surface area contributed by atoms with Gasteiger partial charge in [0, 0.05) is 14.2 Å². The van der Waals surface area contributed by atoms with E-state index < -0.39 is 0 Å². The van der Waals surface area contributed by atoms with Gasteiger partial charge in [0.05, 0.1) is 12.2 Å². The van der Waals surface area contributed by atoms with Gasteiger partial charge in [-0.25, -0.2) is 0 Å². The molecule has 4 rings (SSSR count). The van der Waals surface area contributed by atoms with Gasteiger partial charge < -0.3 is 24.1 Å². The summed E-state index contributed by atoms with van der Waals surface area (Å²) in [6.45, 7) is 2.97. The molecule has 6 atom stereocenters. The quantitative estimate of drug-likeness (QED) is 0.771. The van der Waals surface area contributed by atoms with Crippen LogP contribution >= 0.6 is 0 Å². The summed E-state index contributed by atoms with van der Waals surface area (Å²) in [5, 5.41) is 11.1. The molecule has 3 aliphatic carbocycles. The highest BCUT2D eigenvalue weighted by Gasteiger charge is 2.57. The fourth-order valence-corrected chi connectivity index (χ4v) is 6.17. The number of hydrogen-bond donors (Lipinski definition) is 1. The van der Waals surface area contributed by atoms with Gasteiger partial charge in [-0.2, -0.15) is 0 Å². The Morgan fingerprint density at radius 3 is 2.70 bits per heavy atom. The lowest BCUT2D eigenvalue weighted by Crippen LogP contribution is -2.49. The first-order chi connectivity index (χ1) is 13.1. The van der Waals surface area contributed by atoms with Crippen molar-refractivity contribution in [2.75, 3.05) is 27.8 Å². The number of fused-ring (bicyclic) bond motifs is 5. The molecule has 0 aromatic heterocycles. The molecule has 0 heterocycles. The van der Waals surface area contributed by atoms with Crippen molar-refractivity contribution in [3.63, 3.8) is 0 Å². The van der Waals surface area contributed by atoms with Gasteiger partial charge in [-0.3, -0.25) is 0 Å². The largest absolute Gasteiger partial charge is 0.468 e. The van der Waals surface area contributed by atoms with E-state index in [1.165, 1.54) is 11.1 Å². The first-order valence-corrected chi connectivity index (χ1v) is 10.1. The normalized spacial score (nSPS) is 37.4. The number of hydrogen-bond acceptors (Lipinski definition) is 5. The fourth-order valence-electron chi connectivity index (χ4n) is 6.17. The lowest BCUT2D eigenvalue weighted by Gasteiger charge is -2.52. The molecule has 5 heteroatoms. The molecule has 1 aromatic carbocycles. The Morgan fingerprint density at radius 1 is 1.11 bits per heavy atom. The SMILES string of the molecule is COCOc1ccc2c(c1)CC(O)C1C2CC[C@]2(C)C(OCOC)CCC12. The van der Waals surface area contributed by atoms with E-state index in [-0.39, 0.29) is 24.4 Å². The van der Waals surface area contributed by atoms with Gasteiger partial charge in [0.25, 0.3) is 0 Å². The van der Waals surface area contributed by atoms with Gasteiger partial charge in [-0.15, -0.1) is 0 Å². The van der Waals surface area contributed by atoms with Gasteiger partial charge in [-0.05, 0) is 78.5 Å². The number of benzene rings is 1. The minimum absolute atomic E-state index is 0.139. The molecule has 0 spiro atoms.